The summed E-state index contributed by atoms with van der Waals surface area (Å²) in [6.45, 7) is 0.978. The summed E-state index contributed by atoms with van der Waals surface area (Å²) in [7, 11) is 0. The highest BCUT2D eigenvalue weighted by Crippen LogP contribution is 2.20. The average molecular weight is 132 g/mol. The van der Waals surface area contributed by atoms with Crippen molar-refractivity contribution in [2.24, 2.45) is 0 Å². The van der Waals surface area contributed by atoms with Gasteiger partial charge in [-0.15, -0.1) is 11.8 Å². The molecule has 48 valence electrons. The molecule has 0 aromatic heterocycles. The fourth-order valence-electron chi connectivity index (χ4n) is 0.897. The predicted molar refractivity (Wildman–Crippen MR) is 37.1 cm³/mol. The van der Waals surface area contributed by atoms with Crippen LogP contribution in [0.15, 0.2) is 0 Å². The van der Waals surface area contributed by atoms with Crippen molar-refractivity contribution in [1.82, 2.24) is 0 Å². The Hall–Kier alpha value is 0.310. The molecule has 1 aliphatic rings. The molecule has 0 N–H and O–H groups in total. The molecule has 0 aromatic rings. The standard InChI is InChI=1S/C6H12OS/c1-8-6-4-2-3-5-7-6/h6H,2-5H2,1H3/t6-/m0/s1. The van der Waals surface area contributed by atoms with Gasteiger partial charge in [0.1, 0.15) is 5.44 Å². The summed E-state index contributed by atoms with van der Waals surface area (Å²) in [6, 6.07) is 0. The van der Waals surface area contributed by atoms with Gasteiger partial charge in [-0.25, -0.2) is 0 Å². The molecule has 0 amide bonds. The zero-order chi connectivity index (χ0) is 5.82. The van der Waals surface area contributed by atoms with Crippen molar-refractivity contribution in [2.75, 3.05) is 12.9 Å². The van der Waals surface area contributed by atoms with E-state index in [0.29, 0.717) is 5.44 Å². The summed E-state index contributed by atoms with van der Waals surface area (Å²) in [5.41, 5.74) is 0.503. The lowest BCUT2D eigenvalue weighted by Crippen LogP contribution is -2.14. The number of hydrogen-bond donors (Lipinski definition) is 0. The maximum Gasteiger partial charge on any atom is 0.102 e. The van der Waals surface area contributed by atoms with Crippen LogP contribution in [0.5, 0.6) is 0 Å². The average Bonchev–Trinajstić information content (AvgIpc) is 1.90. The van der Waals surface area contributed by atoms with Crippen LogP contribution in [0.25, 0.3) is 0 Å². The molecule has 1 heterocycles. The van der Waals surface area contributed by atoms with Crippen molar-refractivity contribution in [1.29, 1.82) is 0 Å². The summed E-state index contributed by atoms with van der Waals surface area (Å²) in [5, 5.41) is 0. The molecule has 0 bridgehead atoms. The number of ether oxygens (including phenoxy) is 1. The van der Waals surface area contributed by atoms with E-state index in [0.717, 1.165) is 6.61 Å². The van der Waals surface area contributed by atoms with Crippen molar-refractivity contribution in [3.8, 4) is 0 Å². The second kappa shape index (κ2) is 3.36. The number of hydrogen-bond acceptors (Lipinski definition) is 2. The van der Waals surface area contributed by atoms with Gasteiger partial charge < -0.3 is 4.74 Å². The van der Waals surface area contributed by atoms with E-state index in [9.17, 15) is 0 Å². The van der Waals surface area contributed by atoms with Gasteiger partial charge in [0.2, 0.25) is 0 Å². The Balaban J connectivity index is 2.13. The normalized spacial score (nSPS) is 30.4. The van der Waals surface area contributed by atoms with Crippen LogP contribution in [0.3, 0.4) is 0 Å². The summed E-state index contributed by atoms with van der Waals surface area (Å²) >= 11 is 1.82. The molecule has 0 aliphatic carbocycles. The highest BCUT2D eigenvalue weighted by atomic mass is 32.2. The first-order chi connectivity index (χ1) is 3.93. The summed E-state index contributed by atoms with van der Waals surface area (Å²) in [6.07, 6.45) is 5.97. The summed E-state index contributed by atoms with van der Waals surface area (Å²) in [4.78, 5) is 0. The van der Waals surface area contributed by atoms with Gasteiger partial charge in [-0.3, -0.25) is 0 Å². The molecule has 0 saturated carbocycles. The molecular weight excluding hydrogens is 120 g/mol. The monoisotopic (exact) mass is 132 g/mol. The second-order valence-corrected chi connectivity index (χ2v) is 3.03. The second-order valence-electron chi connectivity index (χ2n) is 2.03. The lowest BCUT2D eigenvalue weighted by Gasteiger charge is -2.19. The van der Waals surface area contributed by atoms with Crippen LogP contribution >= 0.6 is 11.8 Å². The topological polar surface area (TPSA) is 9.23 Å². The predicted octanol–water partition coefficient (Wildman–Crippen LogP) is 1.88. The molecular formula is C6H12OS. The molecule has 0 aromatic carbocycles. The van der Waals surface area contributed by atoms with Crippen LogP contribution in [0.2, 0.25) is 0 Å². The minimum Gasteiger partial charge on any atom is -0.368 e. The minimum absolute atomic E-state index is 0.503. The van der Waals surface area contributed by atoms with E-state index in [1.165, 1.54) is 19.3 Å². The van der Waals surface area contributed by atoms with E-state index >= 15 is 0 Å². The lowest BCUT2D eigenvalue weighted by molar-refractivity contribution is 0.0731. The van der Waals surface area contributed by atoms with Gasteiger partial charge in [0.25, 0.3) is 0 Å². The van der Waals surface area contributed by atoms with Crippen LogP contribution in [0, 0.1) is 0 Å². The van der Waals surface area contributed by atoms with E-state index in [-0.39, 0.29) is 0 Å². The van der Waals surface area contributed by atoms with Crippen LogP contribution < -0.4 is 0 Å². The van der Waals surface area contributed by atoms with Gasteiger partial charge in [0, 0.05) is 6.61 Å². The molecule has 1 fully saturated rings. The number of thioether (sulfide) groups is 1. The first-order valence-electron chi connectivity index (χ1n) is 3.08. The Bertz CT molecular complexity index is 59.5. The third-order valence-electron chi connectivity index (χ3n) is 1.40. The Labute approximate surface area is 54.8 Å². The van der Waals surface area contributed by atoms with Gasteiger partial charge in [0.05, 0.1) is 0 Å². The van der Waals surface area contributed by atoms with Crippen molar-refractivity contribution < 1.29 is 4.74 Å². The van der Waals surface area contributed by atoms with Crippen LogP contribution in [-0.2, 0) is 4.74 Å². The first-order valence-corrected chi connectivity index (χ1v) is 4.36. The molecule has 2 heteroatoms. The van der Waals surface area contributed by atoms with Crippen LogP contribution in [0.1, 0.15) is 19.3 Å². The van der Waals surface area contributed by atoms with Crippen molar-refractivity contribution >= 4 is 11.8 Å². The van der Waals surface area contributed by atoms with E-state index in [2.05, 4.69) is 6.26 Å². The molecule has 1 aliphatic heterocycles. The molecule has 0 spiro atoms. The quantitative estimate of drug-likeness (QED) is 0.538. The third-order valence-corrected chi connectivity index (χ3v) is 2.30. The maximum absolute atomic E-state index is 5.39. The van der Waals surface area contributed by atoms with Gasteiger partial charge in [-0.2, -0.15) is 0 Å². The first kappa shape index (κ1) is 6.43. The highest BCUT2D eigenvalue weighted by molar-refractivity contribution is 7.99. The summed E-state index contributed by atoms with van der Waals surface area (Å²) in [5.74, 6) is 0. The highest BCUT2D eigenvalue weighted by Gasteiger charge is 2.10. The molecule has 0 unspecified atom stereocenters. The fraction of sp³-hybridized carbons (Fsp3) is 1.00. The lowest BCUT2D eigenvalue weighted by atomic mass is 10.2. The Morgan fingerprint density at radius 2 is 2.38 bits per heavy atom. The largest absolute Gasteiger partial charge is 0.368 e. The fourth-order valence-corrected chi connectivity index (χ4v) is 1.53. The van der Waals surface area contributed by atoms with Crippen molar-refractivity contribution in [3.63, 3.8) is 0 Å². The van der Waals surface area contributed by atoms with E-state index in [1.807, 2.05) is 11.8 Å². The summed E-state index contributed by atoms with van der Waals surface area (Å²) < 4.78 is 5.39. The van der Waals surface area contributed by atoms with E-state index < -0.39 is 0 Å². The molecule has 0 radical (unpaired) electrons. The maximum atomic E-state index is 5.39. The zero-order valence-corrected chi connectivity index (χ0v) is 6.04. The van der Waals surface area contributed by atoms with Gasteiger partial charge >= 0.3 is 0 Å². The van der Waals surface area contributed by atoms with Crippen molar-refractivity contribution in [2.45, 2.75) is 24.7 Å². The van der Waals surface area contributed by atoms with Crippen LogP contribution in [-0.4, -0.2) is 18.3 Å². The van der Waals surface area contributed by atoms with E-state index in [1.54, 1.807) is 0 Å². The SMILES string of the molecule is CS[C@H]1CCCCO1. The zero-order valence-electron chi connectivity index (χ0n) is 5.22. The van der Waals surface area contributed by atoms with Gasteiger partial charge in [0.15, 0.2) is 0 Å². The Morgan fingerprint density at radius 3 is 2.75 bits per heavy atom. The minimum atomic E-state index is 0.503. The molecule has 8 heavy (non-hydrogen) atoms. The Kier molecular flexibility index (Phi) is 2.70. The molecule has 1 atom stereocenters. The Morgan fingerprint density at radius 1 is 1.50 bits per heavy atom. The third kappa shape index (κ3) is 1.67. The van der Waals surface area contributed by atoms with Gasteiger partial charge in [-0.1, -0.05) is 0 Å². The van der Waals surface area contributed by atoms with Gasteiger partial charge in [-0.05, 0) is 25.5 Å². The van der Waals surface area contributed by atoms with E-state index in [4.69, 9.17) is 4.74 Å². The van der Waals surface area contributed by atoms with Crippen LogP contribution in [0.4, 0.5) is 0 Å². The molecule has 1 nitrogen and oxygen atoms in total. The van der Waals surface area contributed by atoms with Crippen molar-refractivity contribution in [3.05, 3.63) is 0 Å². The molecule has 1 saturated heterocycles. The smallest absolute Gasteiger partial charge is 0.102 e. The molecule has 1 rings (SSSR count). The number of rotatable bonds is 1.